The molecule has 1 N–H and O–H groups in total. The Bertz CT molecular complexity index is 503. The van der Waals surface area contributed by atoms with Crippen LogP contribution in [0.2, 0.25) is 0 Å². The molecule has 0 spiro atoms. The second kappa shape index (κ2) is 7.80. The number of halogens is 1. The highest BCUT2D eigenvalue weighted by molar-refractivity contribution is 5.79. The minimum absolute atomic E-state index is 0.135. The summed E-state index contributed by atoms with van der Waals surface area (Å²) in [6, 6.07) is 6.63. The van der Waals surface area contributed by atoms with Crippen molar-refractivity contribution in [3.63, 3.8) is 0 Å². The number of amides is 1. The minimum Gasteiger partial charge on any atom is -0.371 e. The summed E-state index contributed by atoms with van der Waals surface area (Å²) in [4.78, 5) is 14.6. The van der Waals surface area contributed by atoms with E-state index in [4.69, 9.17) is 0 Å². The molecule has 1 aliphatic heterocycles. The quantitative estimate of drug-likeness (QED) is 0.917. The van der Waals surface area contributed by atoms with Crippen molar-refractivity contribution >= 4 is 11.6 Å². The molecule has 23 heavy (non-hydrogen) atoms. The molecule has 1 aromatic carbocycles. The number of anilines is 1. The lowest BCUT2D eigenvalue weighted by Gasteiger charge is -2.33. The average molecular weight is 318 g/mol. The number of nitrogens with zero attached hydrogens (tertiary/aromatic N) is 1. The third-order valence-corrected chi connectivity index (χ3v) is 5.35. The Labute approximate surface area is 138 Å². The Morgan fingerprint density at radius 2 is 1.70 bits per heavy atom. The largest absolute Gasteiger partial charge is 0.371 e. The van der Waals surface area contributed by atoms with E-state index in [0.29, 0.717) is 5.92 Å². The lowest BCUT2D eigenvalue weighted by Crippen LogP contribution is -2.41. The fourth-order valence-electron chi connectivity index (χ4n) is 3.83. The predicted octanol–water partition coefficient (Wildman–Crippen LogP) is 3.74. The molecule has 0 bridgehead atoms. The first kappa shape index (κ1) is 16.3. The summed E-state index contributed by atoms with van der Waals surface area (Å²) in [6.07, 6.45) is 8.29. The molecule has 3 rings (SSSR count). The number of hydrogen-bond donors (Lipinski definition) is 1. The van der Waals surface area contributed by atoms with Crippen LogP contribution in [0.4, 0.5) is 10.1 Å². The molecule has 1 amide bonds. The molecule has 1 saturated carbocycles. The van der Waals surface area contributed by atoms with Gasteiger partial charge in [0.05, 0.1) is 0 Å². The molecule has 0 radical (unpaired) electrons. The van der Waals surface area contributed by atoms with Crippen LogP contribution in [-0.2, 0) is 4.79 Å². The van der Waals surface area contributed by atoms with Crippen molar-refractivity contribution in [2.45, 2.75) is 44.9 Å². The second-order valence-corrected chi connectivity index (χ2v) is 6.99. The van der Waals surface area contributed by atoms with Gasteiger partial charge in [-0.05, 0) is 55.9 Å². The van der Waals surface area contributed by atoms with Gasteiger partial charge in [-0.25, -0.2) is 4.39 Å². The molecular formula is C19H27FN2O. The van der Waals surface area contributed by atoms with Gasteiger partial charge in [-0.15, -0.1) is 0 Å². The van der Waals surface area contributed by atoms with Crippen molar-refractivity contribution < 1.29 is 9.18 Å². The summed E-state index contributed by atoms with van der Waals surface area (Å²) in [5.41, 5.74) is 1.05. The number of nitrogens with one attached hydrogen (secondary N) is 1. The summed E-state index contributed by atoms with van der Waals surface area (Å²) < 4.78 is 13.0. The average Bonchev–Trinajstić information content (AvgIpc) is 2.61. The van der Waals surface area contributed by atoms with Crippen LogP contribution in [0.5, 0.6) is 0 Å². The van der Waals surface area contributed by atoms with Gasteiger partial charge in [-0.2, -0.15) is 0 Å². The first-order valence-electron chi connectivity index (χ1n) is 9.00. The van der Waals surface area contributed by atoms with Gasteiger partial charge < -0.3 is 10.2 Å². The summed E-state index contributed by atoms with van der Waals surface area (Å²) in [7, 11) is 0. The van der Waals surface area contributed by atoms with Crippen LogP contribution < -0.4 is 10.2 Å². The van der Waals surface area contributed by atoms with E-state index in [9.17, 15) is 9.18 Å². The molecule has 1 heterocycles. The minimum atomic E-state index is -0.203. The van der Waals surface area contributed by atoms with Gasteiger partial charge in [-0.1, -0.05) is 19.3 Å². The highest BCUT2D eigenvalue weighted by atomic mass is 19.1. The molecule has 2 aliphatic rings. The second-order valence-electron chi connectivity index (χ2n) is 6.99. The van der Waals surface area contributed by atoms with E-state index in [2.05, 4.69) is 10.2 Å². The van der Waals surface area contributed by atoms with Gasteiger partial charge >= 0.3 is 0 Å². The van der Waals surface area contributed by atoms with E-state index in [-0.39, 0.29) is 17.6 Å². The van der Waals surface area contributed by atoms with E-state index in [1.54, 1.807) is 0 Å². The number of carbonyl (C=O) groups excluding carboxylic acids is 1. The van der Waals surface area contributed by atoms with Crippen molar-refractivity contribution in [2.24, 2.45) is 11.8 Å². The third kappa shape index (κ3) is 4.46. The first-order chi connectivity index (χ1) is 11.2. The van der Waals surface area contributed by atoms with E-state index in [1.165, 1.54) is 44.2 Å². The zero-order chi connectivity index (χ0) is 16.1. The molecular weight excluding hydrogens is 291 g/mol. The van der Waals surface area contributed by atoms with Crippen LogP contribution in [0.25, 0.3) is 0 Å². The lowest BCUT2D eigenvalue weighted by molar-refractivity contribution is -0.125. The molecule has 126 valence electrons. The van der Waals surface area contributed by atoms with E-state index in [1.807, 2.05) is 12.1 Å². The smallest absolute Gasteiger partial charge is 0.223 e. The monoisotopic (exact) mass is 318 g/mol. The van der Waals surface area contributed by atoms with Gasteiger partial charge in [0.1, 0.15) is 5.82 Å². The number of benzene rings is 1. The number of piperidine rings is 1. The number of carbonyl (C=O) groups is 1. The summed E-state index contributed by atoms with van der Waals surface area (Å²) in [5, 5.41) is 3.18. The summed E-state index contributed by atoms with van der Waals surface area (Å²) in [5.74, 6) is 0.849. The molecule has 1 saturated heterocycles. The lowest BCUT2D eigenvalue weighted by atomic mass is 9.89. The third-order valence-electron chi connectivity index (χ3n) is 5.35. The van der Waals surface area contributed by atoms with Gasteiger partial charge in [0.2, 0.25) is 5.91 Å². The molecule has 4 heteroatoms. The van der Waals surface area contributed by atoms with Crippen LogP contribution in [0.1, 0.15) is 44.9 Å². The van der Waals surface area contributed by atoms with Gasteiger partial charge in [0.25, 0.3) is 0 Å². The van der Waals surface area contributed by atoms with E-state index < -0.39 is 0 Å². The molecule has 0 aromatic heterocycles. The predicted molar refractivity (Wildman–Crippen MR) is 90.9 cm³/mol. The number of rotatable bonds is 4. The van der Waals surface area contributed by atoms with Crippen LogP contribution >= 0.6 is 0 Å². The van der Waals surface area contributed by atoms with Gasteiger partial charge in [-0.3, -0.25) is 4.79 Å². The van der Waals surface area contributed by atoms with Crippen molar-refractivity contribution in [2.75, 3.05) is 24.5 Å². The van der Waals surface area contributed by atoms with Crippen molar-refractivity contribution in [1.29, 1.82) is 0 Å². The van der Waals surface area contributed by atoms with Crippen molar-refractivity contribution in [3.05, 3.63) is 30.1 Å². The van der Waals surface area contributed by atoms with Crippen LogP contribution in [0.3, 0.4) is 0 Å². The summed E-state index contributed by atoms with van der Waals surface area (Å²) in [6.45, 7) is 2.59. The number of hydrogen-bond acceptors (Lipinski definition) is 2. The maximum Gasteiger partial charge on any atom is 0.223 e. The van der Waals surface area contributed by atoms with E-state index >= 15 is 0 Å². The maximum atomic E-state index is 13.0. The standard InChI is InChI=1S/C19H27FN2O/c20-17-6-8-18(9-7-17)22-12-10-16(11-13-22)19(23)21-14-15-4-2-1-3-5-15/h6-9,15-16H,1-5,10-14H2,(H,21,23). The zero-order valence-electron chi connectivity index (χ0n) is 13.8. The van der Waals surface area contributed by atoms with Gasteiger partial charge in [0.15, 0.2) is 0 Å². The Morgan fingerprint density at radius 3 is 2.35 bits per heavy atom. The van der Waals surface area contributed by atoms with Crippen molar-refractivity contribution in [1.82, 2.24) is 5.32 Å². The fourth-order valence-corrected chi connectivity index (χ4v) is 3.83. The highest BCUT2D eigenvalue weighted by Crippen LogP contribution is 2.25. The first-order valence-corrected chi connectivity index (χ1v) is 9.00. The highest BCUT2D eigenvalue weighted by Gasteiger charge is 2.25. The topological polar surface area (TPSA) is 32.3 Å². The molecule has 2 fully saturated rings. The maximum absolute atomic E-state index is 13.0. The van der Waals surface area contributed by atoms with Crippen LogP contribution in [0.15, 0.2) is 24.3 Å². The Kier molecular flexibility index (Phi) is 5.52. The zero-order valence-corrected chi connectivity index (χ0v) is 13.8. The van der Waals surface area contributed by atoms with Crippen LogP contribution in [0, 0.1) is 17.7 Å². The Morgan fingerprint density at radius 1 is 1.04 bits per heavy atom. The summed E-state index contributed by atoms with van der Waals surface area (Å²) >= 11 is 0. The fraction of sp³-hybridized carbons (Fsp3) is 0.632. The van der Waals surface area contributed by atoms with E-state index in [0.717, 1.165) is 38.2 Å². The molecule has 0 atom stereocenters. The normalized spacial score (nSPS) is 20.5. The molecule has 0 unspecified atom stereocenters. The Balaban J connectivity index is 1.42. The molecule has 1 aromatic rings. The molecule has 1 aliphatic carbocycles. The Hall–Kier alpha value is -1.58. The molecule has 3 nitrogen and oxygen atoms in total. The van der Waals surface area contributed by atoms with Crippen molar-refractivity contribution in [3.8, 4) is 0 Å². The SMILES string of the molecule is O=C(NCC1CCCCC1)C1CCN(c2ccc(F)cc2)CC1. The van der Waals surface area contributed by atoms with Crippen LogP contribution in [-0.4, -0.2) is 25.5 Å². The van der Waals surface area contributed by atoms with Gasteiger partial charge in [0, 0.05) is 31.2 Å².